The molecule has 1 nitrogen and oxygen atoms in total. The van der Waals surface area contributed by atoms with Crippen molar-refractivity contribution < 1.29 is 0 Å². The van der Waals surface area contributed by atoms with Gasteiger partial charge < -0.3 is 4.90 Å². The molecule has 0 aromatic heterocycles. The molecule has 1 aromatic rings. The molecule has 0 saturated heterocycles. The number of anilines is 1. The van der Waals surface area contributed by atoms with Gasteiger partial charge in [-0.25, -0.2) is 0 Å². The van der Waals surface area contributed by atoms with Gasteiger partial charge in [0.1, 0.15) is 0 Å². The lowest BCUT2D eigenvalue weighted by Gasteiger charge is -2.24. The molecule has 0 bridgehead atoms. The van der Waals surface area contributed by atoms with Gasteiger partial charge in [0.2, 0.25) is 0 Å². The molecule has 2 heteroatoms. The molecular weight excluding hydrogens is 206 g/mol. The molecule has 0 radical (unpaired) electrons. The van der Waals surface area contributed by atoms with Crippen LogP contribution < -0.4 is 4.90 Å². The van der Waals surface area contributed by atoms with Crippen molar-refractivity contribution in [1.29, 1.82) is 0 Å². The Labute approximate surface area is 97.4 Å². The zero-order valence-electron chi connectivity index (χ0n) is 9.46. The van der Waals surface area contributed by atoms with Gasteiger partial charge in [-0.3, -0.25) is 0 Å². The normalized spacial score (nSPS) is 10.1. The minimum atomic E-state index is 0.530. The highest BCUT2D eigenvalue weighted by Crippen LogP contribution is 2.16. The lowest BCUT2D eigenvalue weighted by Crippen LogP contribution is -2.25. The number of likely N-dealkylation sites (N-methyl/N-ethyl adjacent to an activating group) is 1. The summed E-state index contributed by atoms with van der Waals surface area (Å²) in [5.41, 5.74) is 3.58. The SMILES string of the molecule is C=C(CCl)CN(CC)c1cccc(C)c1. The molecule has 0 amide bonds. The zero-order chi connectivity index (χ0) is 11.3. The number of aryl methyl sites for hydroxylation is 1. The van der Waals surface area contributed by atoms with Crippen LogP contribution in [0.5, 0.6) is 0 Å². The summed E-state index contributed by atoms with van der Waals surface area (Å²) in [5, 5.41) is 0. The molecule has 1 rings (SSSR count). The summed E-state index contributed by atoms with van der Waals surface area (Å²) in [6.45, 7) is 9.99. The van der Waals surface area contributed by atoms with E-state index in [0.717, 1.165) is 18.7 Å². The van der Waals surface area contributed by atoms with Crippen LogP contribution in [0.2, 0.25) is 0 Å². The topological polar surface area (TPSA) is 3.24 Å². The average Bonchev–Trinajstić information content (AvgIpc) is 2.25. The van der Waals surface area contributed by atoms with Gasteiger partial charge in [0, 0.05) is 24.7 Å². The molecule has 0 aliphatic rings. The van der Waals surface area contributed by atoms with Gasteiger partial charge >= 0.3 is 0 Å². The molecule has 0 saturated carbocycles. The molecule has 0 atom stereocenters. The van der Waals surface area contributed by atoms with Crippen LogP contribution in [0.1, 0.15) is 12.5 Å². The van der Waals surface area contributed by atoms with Gasteiger partial charge in [0.25, 0.3) is 0 Å². The molecule has 82 valence electrons. The fourth-order valence-electron chi connectivity index (χ4n) is 1.52. The van der Waals surface area contributed by atoms with Crippen molar-refractivity contribution in [3.63, 3.8) is 0 Å². The number of hydrogen-bond donors (Lipinski definition) is 0. The van der Waals surface area contributed by atoms with E-state index in [-0.39, 0.29) is 0 Å². The Hall–Kier alpha value is -0.950. The summed E-state index contributed by atoms with van der Waals surface area (Å²) in [6, 6.07) is 8.49. The fourth-order valence-corrected chi connectivity index (χ4v) is 1.61. The molecular formula is C13H18ClN. The Bertz CT molecular complexity index is 333. The van der Waals surface area contributed by atoms with Crippen molar-refractivity contribution in [1.82, 2.24) is 0 Å². The Morgan fingerprint density at radius 2 is 2.20 bits per heavy atom. The maximum Gasteiger partial charge on any atom is 0.0448 e. The van der Waals surface area contributed by atoms with Gasteiger partial charge in [-0.15, -0.1) is 11.6 Å². The van der Waals surface area contributed by atoms with Crippen LogP contribution in [0.15, 0.2) is 36.4 Å². The third-order valence-electron chi connectivity index (χ3n) is 2.35. The lowest BCUT2D eigenvalue weighted by molar-refractivity contribution is 0.881. The van der Waals surface area contributed by atoms with Crippen molar-refractivity contribution in [3.8, 4) is 0 Å². The highest BCUT2D eigenvalue weighted by atomic mass is 35.5. The third kappa shape index (κ3) is 3.60. The van der Waals surface area contributed by atoms with Gasteiger partial charge in [-0.2, -0.15) is 0 Å². The first kappa shape index (κ1) is 12.1. The molecule has 15 heavy (non-hydrogen) atoms. The molecule has 0 unspecified atom stereocenters. The van der Waals surface area contributed by atoms with E-state index >= 15 is 0 Å². The quantitative estimate of drug-likeness (QED) is 0.545. The van der Waals surface area contributed by atoms with Crippen LogP contribution in [0.25, 0.3) is 0 Å². The predicted molar refractivity (Wildman–Crippen MR) is 68.9 cm³/mol. The van der Waals surface area contributed by atoms with Crippen molar-refractivity contribution in [2.24, 2.45) is 0 Å². The number of hydrogen-bond acceptors (Lipinski definition) is 1. The zero-order valence-corrected chi connectivity index (χ0v) is 10.2. The number of alkyl halides is 1. The Morgan fingerprint density at radius 3 is 2.73 bits per heavy atom. The second-order valence-electron chi connectivity index (χ2n) is 3.74. The summed E-state index contributed by atoms with van der Waals surface area (Å²) in [5.74, 6) is 0.530. The van der Waals surface area contributed by atoms with Gasteiger partial charge in [0.05, 0.1) is 0 Å². The first-order valence-corrected chi connectivity index (χ1v) is 5.75. The van der Waals surface area contributed by atoms with Crippen LogP contribution in [0.3, 0.4) is 0 Å². The standard InChI is InChI=1S/C13H18ClN/c1-4-15(10-12(3)9-14)13-7-5-6-11(2)8-13/h5-8H,3-4,9-10H2,1-2H3. The largest absolute Gasteiger partial charge is 0.368 e. The van der Waals surface area contributed by atoms with Gasteiger partial charge in [-0.1, -0.05) is 18.7 Å². The summed E-state index contributed by atoms with van der Waals surface area (Å²) < 4.78 is 0. The van der Waals surface area contributed by atoms with Crippen molar-refractivity contribution in [3.05, 3.63) is 42.0 Å². The van der Waals surface area contributed by atoms with E-state index in [9.17, 15) is 0 Å². The Morgan fingerprint density at radius 1 is 1.47 bits per heavy atom. The Kier molecular flexibility index (Phi) is 4.70. The molecule has 0 aliphatic heterocycles. The van der Waals surface area contributed by atoms with E-state index in [1.54, 1.807) is 0 Å². The second-order valence-corrected chi connectivity index (χ2v) is 4.00. The van der Waals surface area contributed by atoms with E-state index in [1.165, 1.54) is 11.3 Å². The number of rotatable bonds is 5. The maximum absolute atomic E-state index is 5.75. The smallest absolute Gasteiger partial charge is 0.0448 e. The monoisotopic (exact) mass is 223 g/mol. The number of benzene rings is 1. The van der Waals surface area contributed by atoms with E-state index in [0.29, 0.717) is 5.88 Å². The summed E-state index contributed by atoms with van der Waals surface area (Å²) in [4.78, 5) is 2.28. The second kappa shape index (κ2) is 5.82. The minimum absolute atomic E-state index is 0.530. The number of halogens is 1. The summed E-state index contributed by atoms with van der Waals surface area (Å²) in [7, 11) is 0. The van der Waals surface area contributed by atoms with Gasteiger partial charge in [-0.05, 0) is 37.1 Å². The minimum Gasteiger partial charge on any atom is -0.368 e. The fraction of sp³-hybridized carbons (Fsp3) is 0.385. The van der Waals surface area contributed by atoms with Crippen LogP contribution in [-0.4, -0.2) is 19.0 Å². The molecule has 0 spiro atoms. The average molecular weight is 224 g/mol. The van der Waals surface area contributed by atoms with Crippen LogP contribution in [0.4, 0.5) is 5.69 Å². The van der Waals surface area contributed by atoms with E-state index < -0.39 is 0 Å². The van der Waals surface area contributed by atoms with E-state index in [2.05, 4.69) is 49.6 Å². The van der Waals surface area contributed by atoms with E-state index in [4.69, 9.17) is 11.6 Å². The highest BCUT2D eigenvalue weighted by molar-refractivity contribution is 6.19. The maximum atomic E-state index is 5.75. The molecule has 0 fully saturated rings. The first-order chi connectivity index (χ1) is 7.17. The van der Waals surface area contributed by atoms with Crippen LogP contribution in [-0.2, 0) is 0 Å². The van der Waals surface area contributed by atoms with Crippen molar-refractivity contribution in [2.45, 2.75) is 13.8 Å². The van der Waals surface area contributed by atoms with Crippen molar-refractivity contribution in [2.75, 3.05) is 23.9 Å². The number of nitrogens with zero attached hydrogens (tertiary/aromatic N) is 1. The molecule has 1 aromatic carbocycles. The molecule has 0 heterocycles. The van der Waals surface area contributed by atoms with Crippen molar-refractivity contribution >= 4 is 17.3 Å². The van der Waals surface area contributed by atoms with E-state index in [1.807, 2.05) is 0 Å². The lowest BCUT2D eigenvalue weighted by atomic mass is 10.2. The highest BCUT2D eigenvalue weighted by Gasteiger charge is 2.05. The first-order valence-electron chi connectivity index (χ1n) is 5.21. The summed E-state index contributed by atoms with van der Waals surface area (Å²) >= 11 is 5.75. The Balaban J connectivity index is 2.78. The third-order valence-corrected chi connectivity index (χ3v) is 2.73. The summed E-state index contributed by atoms with van der Waals surface area (Å²) in [6.07, 6.45) is 0. The molecule has 0 aliphatic carbocycles. The van der Waals surface area contributed by atoms with Crippen LogP contribution >= 0.6 is 11.6 Å². The molecule has 0 N–H and O–H groups in total. The predicted octanol–water partition coefficient (Wildman–Crippen LogP) is 3.62. The van der Waals surface area contributed by atoms with Gasteiger partial charge in [0.15, 0.2) is 0 Å². The van der Waals surface area contributed by atoms with Crippen LogP contribution in [0, 0.1) is 6.92 Å².